The average molecular weight is 371 g/mol. The van der Waals surface area contributed by atoms with Gasteiger partial charge in [0.2, 0.25) is 0 Å². The number of rotatable bonds is 2. The number of hydrogen-bond acceptors (Lipinski definition) is 1. The van der Waals surface area contributed by atoms with Gasteiger partial charge in [-0.25, -0.2) is 0 Å². The van der Waals surface area contributed by atoms with Crippen molar-refractivity contribution in [3.63, 3.8) is 0 Å². The lowest BCUT2D eigenvalue weighted by Gasteiger charge is -2.07. The van der Waals surface area contributed by atoms with E-state index < -0.39 is 0 Å². The molecular formula is C24H15ClS. The minimum atomic E-state index is 0.784. The predicted molar refractivity (Wildman–Crippen MR) is 115 cm³/mol. The van der Waals surface area contributed by atoms with Gasteiger partial charge in [0, 0.05) is 30.8 Å². The highest BCUT2D eigenvalue weighted by atomic mass is 35.5. The third-order valence-corrected chi connectivity index (χ3v) is 6.33. The minimum absolute atomic E-state index is 0.784. The van der Waals surface area contributed by atoms with Crippen molar-refractivity contribution in [1.29, 1.82) is 0 Å². The molecule has 1 heterocycles. The summed E-state index contributed by atoms with van der Waals surface area (Å²) in [6, 6.07) is 31.9. The fourth-order valence-electron chi connectivity index (χ4n) is 3.50. The van der Waals surface area contributed by atoms with Crippen LogP contribution in [0.4, 0.5) is 0 Å². The molecule has 124 valence electrons. The molecule has 0 spiro atoms. The largest absolute Gasteiger partial charge is 0.135 e. The van der Waals surface area contributed by atoms with Crippen LogP contribution in [-0.4, -0.2) is 0 Å². The summed E-state index contributed by atoms with van der Waals surface area (Å²) >= 11 is 8.21. The highest BCUT2D eigenvalue weighted by Gasteiger charge is 2.10. The summed E-state index contributed by atoms with van der Waals surface area (Å²) in [6.45, 7) is 0. The van der Waals surface area contributed by atoms with E-state index >= 15 is 0 Å². The Bertz CT molecular complexity index is 1230. The first kappa shape index (κ1) is 15.6. The Hall–Kier alpha value is -2.61. The molecule has 0 radical (unpaired) electrons. The molecule has 4 aromatic carbocycles. The van der Waals surface area contributed by atoms with Gasteiger partial charge in [-0.1, -0.05) is 90.5 Å². The second-order valence-electron chi connectivity index (χ2n) is 6.34. The predicted octanol–water partition coefficient (Wildman–Crippen LogP) is 8.04. The van der Waals surface area contributed by atoms with Crippen LogP contribution in [0.3, 0.4) is 0 Å². The van der Waals surface area contributed by atoms with E-state index in [4.69, 9.17) is 11.6 Å². The number of hydrogen-bond donors (Lipinski definition) is 0. The molecule has 0 N–H and O–H groups in total. The van der Waals surface area contributed by atoms with E-state index in [9.17, 15) is 0 Å². The summed E-state index contributed by atoms with van der Waals surface area (Å²) in [4.78, 5) is 0. The summed E-state index contributed by atoms with van der Waals surface area (Å²) in [5, 5.41) is 3.45. The van der Waals surface area contributed by atoms with E-state index in [1.165, 1.54) is 31.3 Å². The van der Waals surface area contributed by atoms with Crippen LogP contribution in [-0.2, 0) is 0 Å². The van der Waals surface area contributed by atoms with Crippen molar-refractivity contribution in [1.82, 2.24) is 0 Å². The molecule has 0 saturated heterocycles. The van der Waals surface area contributed by atoms with Gasteiger partial charge in [-0.2, -0.15) is 0 Å². The topological polar surface area (TPSA) is 0 Å². The van der Waals surface area contributed by atoms with Crippen LogP contribution in [0.25, 0.3) is 42.4 Å². The van der Waals surface area contributed by atoms with Crippen molar-refractivity contribution in [2.45, 2.75) is 0 Å². The fourth-order valence-corrected chi connectivity index (χ4v) is 4.98. The van der Waals surface area contributed by atoms with Gasteiger partial charge in [-0.3, -0.25) is 0 Å². The van der Waals surface area contributed by atoms with E-state index in [1.54, 1.807) is 0 Å². The van der Waals surface area contributed by atoms with Gasteiger partial charge >= 0.3 is 0 Å². The Morgan fingerprint density at radius 1 is 0.538 bits per heavy atom. The van der Waals surface area contributed by atoms with E-state index in [0.717, 1.165) is 16.1 Å². The minimum Gasteiger partial charge on any atom is -0.135 e. The zero-order chi connectivity index (χ0) is 17.5. The summed E-state index contributed by atoms with van der Waals surface area (Å²) in [7, 11) is 0. The smallest absolute Gasteiger partial charge is 0.0484 e. The van der Waals surface area contributed by atoms with Crippen LogP contribution in [0.15, 0.2) is 91.0 Å². The molecule has 0 bridgehead atoms. The molecule has 0 aliphatic heterocycles. The molecule has 0 aliphatic rings. The van der Waals surface area contributed by atoms with Crippen molar-refractivity contribution >= 4 is 43.1 Å². The van der Waals surface area contributed by atoms with Gasteiger partial charge in [-0.05, 0) is 28.8 Å². The maximum atomic E-state index is 6.34. The normalized spacial score (nSPS) is 11.3. The Labute approximate surface area is 161 Å². The Balaban J connectivity index is 1.65. The zero-order valence-corrected chi connectivity index (χ0v) is 15.5. The summed E-state index contributed by atoms with van der Waals surface area (Å²) in [5.41, 5.74) is 4.73. The highest BCUT2D eigenvalue weighted by Crippen LogP contribution is 2.40. The Kier molecular flexibility index (Phi) is 3.77. The van der Waals surface area contributed by atoms with Crippen LogP contribution >= 0.6 is 22.9 Å². The third kappa shape index (κ3) is 2.52. The molecule has 5 aromatic rings. The number of thiophene rings is 1. The quantitative estimate of drug-likeness (QED) is 0.295. The average Bonchev–Trinajstić information content (AvgIpc) is 3.07. The van der Waals surface area contributed by atoms with Gasteiger partial charge in [0.25, 0.3) is 0 Å². The number of benzene rings is 4. The summed E-state index contributed by atoms with van der Waals surface area (Å²) in [6.07, 6.45) is 0. The second kappa shape index (κ2) is 6.28. The monoisotopic (exact) mass is 370 g/mol. The van der Waals surface area contributed by atoms with Gasteiger partial charge in [0.1, 0.15) is 0 Å². The van der Waals surface area contributed by atoms with E-state index in [0.29, 0.717) is 0 Å². The van der Waals surface area contributed by atoms with Crippen LogP contribution in [0.1, 0.15) is 0 Å². The lowest BCUT2D eigenvalue weighted by Crippen LogP contribution is -1.82. The molecule has 0 fully saturated rings. The van der Waals surface area contributed by atoms with Crippen LogP contribution in [0.5, 0.6) is 0 Å². The van der Waals surface area contributed by atoms with E-state index in [2.05, 4.69) is 72.8 Å². The van der Waals surface area contributed by atoms with Crippen molar-refractivity contribution in [3.8, 4) is 22.3 Å². The molecule has 0 aliphatic carbocycles. The molecule has 0 amide bonds. The van der Waals surface area contributed by atoms with Gasteiger partial charge < -0.3 is 0 Å². The molecule has 0 nitrogen and oxygen atoms in total. The van der Waals surface area contributed by atoms with Crippen molar-refractivity contribution in [2.75, 3.05) is 0 Å². The summed E-state index contributed by atoms with van der Waals surface area (Å²) < 4.78 is 2.68. The molecule has 0 saturated carbocycles. The maximum Gasteiger partial charge on any atom is 0.0484 e. The molecular weight excluding hydrogens is 356 g/mol. The number of halogens is 1. The van der Waals surface area contributed by atoms with Gasteiger partial charge in [0.15, 0.2) is 0 Å². The first-order valence-electron chi connectivity index (χ1n) is 8.57. The lowest BCUT2D eigenvalue weighted by atomic mass is 9.99. The number of fused-ring (bicyclic) bond motifs is 3. The van der Waals surface area contributed by atoms with Crippen molar-refractivity contribution in [3.05, 3.63) is 96.0 Å². The second-order valence-corrected chi connectivity index (χ2v) is 7.80. The van der Waals surface area contributed by atoms with Crippen LogP contribution < -0.4 is 0 Å². The van der Waals surface area contributed by atoms with Gasteiger partial charge in [-0.15, -0.1) is 11.3 Å². The van der Waals surface area contributed by atoms with Crippen LogP contribution in [0.2, 0.25) is 5.02 Å². The molecule has 0 unspecified atom stereocenters. The highest BCUT2D eigenvalue weighted by molar-refractivity contribution is 7.26. The SMILES string of the molecule is Clc1ccccc1-c1ccc(-c2cccc3c2sc2ccccc23)cc1. The molecule has 5 rings (SSSR count). The standard InChI is InChI=1S/C24H15ClS/c25-22-10-3-1-6-18(22)16-12-14-17(15-13-16)19-8-5-9-21-20-7-2-4-11-23(20)26-24(19)21/h1-15H. The van der Waals surface area contributed by atoms with E-state index in [1.807, 2.05) is 29.5 Å². The van der Waals surface area contributed by atoms with Crippen molar-refractivity contribution in [2.24, 2.45) is 0 Å². The maximum absolute atomic E-state index is 6.34. The van der Waals surface area contributed by atoms with E-state index in [-0.39, 0.29) is 0 Å². The lowest BCUT2D eigenvalue weighted by molar-refractivity contribution is 1.61. The third-order valence-electron chi connectivity index (χ3n) is 4.79. The zero-order valence-electron chi connectivity index (χ0n) is 13.9. The molecule has 1 aromatic heterocycles. The van der Waals surface area contributed by atoms with Crippen molar-refractivity contribution < 1.29 is 0 Å². The fraction of sp³-hybridized carbons (Fsp3) is 0. The molecule has 2 heteroatoms. The molecule has 0 atom stereocenters. The Morgan fingerprint density at radius 3 is 1.96 bits per heavy atom. The Morgan fingerprint density at radius 2 is 1.15 bits per heavy atom. The molecule has 26 heavy (non-hydrogen) atoms. The van der Waals surface area contributed by atoms with Crippen LogP contribution in [0, 0.1) is 0 Å². The summed E-state index contributed by atoms with van der Waals surface area (Å²) in [5.74, 6) is 0. The first-order chi connectivity index (χ1) is 12.8. The first-order valence-corrected chi connectivity index (χ1v) is 9.76. The van der Waals surface area contributed by atoms with Gasteiger partial charge in [0.05, 0.1) is 0 Å².